The minimum Gasteiger partial charge on any atom is -0.271 e. The standard InChI is InChI=1S/C13H24N4O2S2/c1-3-5-11-13(20-17-16-11)12(15-14)9-6-4-7-10(8-9)21(2,18)19/h9-10,12,15H,3-8,14H2,1-2H3. The number of nitrogens with zero attached hydrogens (tertiary/aromatic N) is 2. The van der Waals surface area contributed by atoms with E-state index in [1.54, 1.807) is 0 Å². The Morgan fingerprint density at radius 2 is 2.24 bits per heavy atom. The number of hydrazine groups is 1. The zero-order chi connectivity index (χ0) is 15.5. The van der Waals surface area contributed by atoms with E-state index in [1.807, 2.05) is 0 Å². The van der Waals surface area contributed by atoms with Crippen LogP contribution in [0.3, 0.4) is 0 Å². The molecule has 3 N–H and O–H groups in total. The first-order valence-corrected chi connectivity index (χ1v) is 10.2. The second kappa shape index (κ2) is 7.13. The Balaban J connectivity index is 2.18. The molecule has 0 aliphatic heterocycles. The predicted molar refractivity (Wildman–Crippen MR) is 84.6 cm³/mol. The Morgan fingerprint density at radius 3 is 2.86 bits per heavy atom. The van der Waals surface area contributed by atoms with Gasteiger partial charge in [-0.1, -0.05) is 24.3 Å². The second-order valence-corrected chi connectivity index (χ2v) is 8.97. The molecule has 6 nitrogen and oxygen atoms in total. The summed E-state index contributed by atoms with van der Waals surface area (Å²) in [7, 11) is -2.99. The lowest BCUT2D eigenvalue weighted by Crippen LogP contribution is -2.38. The Kier molecular flexibility index (Phi) is 5.70. The van der Waals surface area contributed by atoms with Gasteiger partial charge >= 0.3 is 0 Å². The van der Waals surface area contributed by atoms with Crippen molar-refractivity contribution in [3.05, 3.63) is 10.6 Å². The third kappa shape index (κ3) is 4.00. The topological polar surface area (TPSA) is 98.0 Å². The minimum atomic E-state index is -2.99. The summed E-state index contributed by atoms with van der Waals surface area (Å²) in [5, 5.41) is 3.94. The fourth-order valence-electron chi connectivity index (χ4n) is 3.16. The van der Waals surface area contributed by atoms with Crippen molar-refractivity contribution in [3.8, 4) is 0 Å². The van der Waals surface area contributed by atoms with E-state index in [4.69, 9.17) is 5.84 Å². The van der Waals surface area contributed by atoms with Crippen LogP contribution in [0, 0.1) is 5.92 Å². The van der Waals surface area contributed by atoms with Gasteiger partial charge in [0.1, 0.15) is 9.84 Å². The van der Waals surface area contributed by atoms with Gasteiger partial charge in [-0.05, 0) is 43.1 Å². The number of sulfone groups is 1. The van der Waals surface area contributed by atoms with Crippen LogP contribution in [0.1, 0.15) is 55.6 Å². The number of rotatable bonds is 6. The van der Waals surface area contributed by atoms with Crippen LogP contribution >= 0.6 is 11.5 Å². The lowest BCUT2D eigenvalue weighted by atomic mass is 9.82. The summed E-state index contributed by atoms with van der Waals surface area (Å²) < 4.78 is 27.7. The van der Waals surface area contributed by atoms with Gasteiger partial charge in [0, 0.05) is 6.26 Å². The molecule has 3 unspecified atom stereocenters. The van der Waals surface area contributed by atoms with E-state index in [0.29, 0.717) is 6.42 Å². The Hall–Kier alpha value is -0.570. The molecule has 1 aromatic heterocycles. The van der Waals surface area contributed by atoms with Crippen molar-refractivity contribution in [3.63, 3.8) is 0 Å². The van der Waals surface area contributed by atoms with Crippen molar-refractivity contribution < 1.29 is 8.42 Å². The molecule has 0 saturated heterocycles. The quantitative estimate of drug-likeness (QED) is 0.606. The van der Waals surface area contributed by atoms with Gasteiger partial charge in [-0.3, -0.25) is 11.3 Å². The first-order valence-electron chi connectivity index (χ1n) is 7.43. The van der Waals surface area contributed by atoms with E-state index in [9.17, 15) is 8.42 Å². The maximum Gasteiger partial charge on any atom is 0.150 e. The molecule has 0 radical (unpaired) electrons. The van der Waals surface area contributed by atoms with Gasteiger partial charge in [0.25, 0.3) is 0 Å². The highest BCUT2D eigenvalue weighted by molar-refractivity contribution is 7.91. The van der Waals surface area contributed by atoms with Gasteiger partial charge < -0.3 is 0 Å². The smallest absolute Gasteiger partial charge is 0.150 e. The SMILES string of the molecule is CCCc1nnsc1C(NN)C1CCCC(S(C)(=O)=O)C1. The summed E-state index contributed by atoms with van der Waals surface area (Å²) >= 11 is 1.37. The number of nitrogens with one attached hydrogen (secondary N) is 1. The molecule has 21 heavy (non-hydrogen) atoms. The van der Waals surface area contributed by atoms with E-state index in [1.165, 1.54) is 17.8 Å². The van der Waals surface area contributed by atoms with Crippen LogP contribution in [0.4, 0.5) is 0 Å². The molecule has 1 aromatic rings. The molecule has 1 fully saturated rings. The van der Waals surface area contributed by atoms with Gasteiger partial charge in [0.2, 0.25) is 0 Å². The average molecular weight is 332 g/mol. The zero-order valence-electron chi connectivity index (χ0n) is 12.6. The molecular formula is C13H24N4O2S2. The number of aromatic nitrogens is 2. The summed E-state index contributed by atoms with van der Waals surface area (Å²) in [4.78, 5) is 1.07. The third-order valence-corrected chi connectivity index (χ3v) is 6.77. The van der Waals surface area contributed by atoms with E-state index >= 15 is 0 Å². The Labute approximate surface area is 130 Å². The lowest BCUT2D eigenvalue weighted by Gasteiger charge is -2.33. The van der Waals surface area contributed by atoms with Crippen molar-refractivity contribution in [1.29, 1.82) is 0 Å². The monoisotopic (exact) mass is 332 g/mol. The number of aryl methyl sites for hydroxylation is 1. The van der Waals surface area contributed by atoms with Gasteiger partial charge in [0.05, 0.1) is 21.9 Å². The molecule has 1 aliphatic rings. The van der Waals surface area contributed by atoms with Gasteiger partial charge in [0.15, 0.2) is 0 Å². The Bertz CT molecular complexity index is 558. The maximum absolute atomic E-state index is 11.8. The number of hydrogen-bond donors (Lipinski definition) is 2. The van der Waals surface area contributed by atoms with Gasteiger partial charge in [-0.2, -0.15) is 0 Å². The summed E-state index contributed by atoms with van der Waals surface area (Å²) in [6.45, 7) is 2.11. The largest absolute Gasteiger partial charge is 0.271 e. The summed E-state index contributed by atoms with van der Waals surface area (Å²) in [5.41, 5.74) is 3.87. The number of nitrogens with two attached hydrogens (primary N) is 1. The zero-order valence-corrected chi connectivity index (χ0v) is 14.2. The fraction of sp³-hybridized carbons (Fsp3) is 0.846. The molecule has 8 heteroatoms. The molecule has 1 aliphatic carbocycles. The highest BCUT2D eigenvalue weighted by atomic mass is 32.2. The van der Waals surface area contributed by atoms with E-state index in [0.717, 1.165) is 42.7 Å². The molecule has 0 amide bonds. The van der Waals surface area contributed by atoms with E-state index in [-0.39, 0.29) is 17.2 Å². The van der Waals surface area contributed by atoms with Crippen molar-refractivity contribution in [2.24, 2.45) is 11.8 Å². The van der Waals surface area contributed by atoms with E-state index in [2.05, 4.69) is 21.9 Å². The van der Waals surface area contributed by atoms with Crippen molar-refractivity contribution in [2.45, 2.75) is 56.7 Å². The Morgan fingerprint density at radius 1 is 1.48 bits per heavy atom. The summed E-state index contributed by atoms with van der Waals surface area (Å²) in [6.07, 6.45) is 6.56. The second-order valence-electron chi connectivity index (χ2n) is 5.86. The normalized spacial score (nSPS) is 24.9. The number of hydrogen-bond acceptors (Lipinski definition) is 7. The molecular weight excluding hydrogens is 308 g/mol. The van der Waals surface area contributed by atoms with Crippen LogP contribution < -0.4 is 11.3 Å². The molecule has 2 rings (SSSR count). The van der Waals surface area contributed by atoms with Crippen LogP contribution in [0.2, 0.25) is 0 Å². The summed E-state index contributed by atoms with van der Waals surface area (Å²) in [6, 6.07) is -0.0453. The molecule has 1 saturated carbocycles. The van der Waals surface area contributed by atoms with Gasteiger partial charge in [-0.15, -0.1) is 5.10 Å². The highest BCUT2D eigenvalue weighted by Crippen LogP contribution is 2.38. The molecule has 0 spiro atoms. The van der Waals surface area contributed by atoms with Gasteiger partial charge in [-0.25, -0.2) is 8.42 Å². The van der Waals surface area contributed by atoms with Crippen molar-refractivity contribution in [2.75, 3.05) is 6.26 Å². The maximum atomic E-state index is 11.8. The van der Waals surface area contributed by atoms with Crippen molar-refractivity contribution in [1.82, 2.24) is 15.0 Å². The molecule has 1 heterocycles. The van der Waals surface area contributed by atoms with E-state index < -0.39 is 9.84 Å². The lowest BCUT2D eigenvalue weighted by molar-refractivity contribution is 0.276. The molecule has 0 bridgehead atoms. The predicted octanol–water partition coefficient (Wildman–Crippen LogP) is 1.60. The van der Waals surface area contributed by atoms with Crippen molar-refractivity contribution >= 4 is 21.4 Å². The minimum absolute atomic E-state index is 0.0453. The van der Waals surface area contributed by atoms with Crippen LogP contribution in [0.5, 0.6) is 0 Å². The first kappa shape index (κ1) is 16.8. The molecule has 120 valence electrons. The first-order chi connectivity index (χ1) is 9.97. The summed E-state index contributed by atoms with van der Waals surface area (Å²) in [5.74, 6) is 5.99. The average Bonchev–Trinajstić information content (AvgIpc) is 2.88. The van der Waals surface area contributed by atoms with Crippen LogP contribution in [0.25, 0.3) is 0 Å². The fourth-order valence-corrected chi connectivity index (χ4v) is 5.20. The molecule has 3 atom stereocenters. The van der Waals surface area contributed by atoms with Crippen LogP contribution in [0.15, 0.2) is 0 Å². The van der Waals surface area contributed by atoms with Crippen LogP contribution in [-0.4, -0.2) is 29.5 Å². The highest BCUT2D eigenvalue weighted by Gasteiger charge is 2.35. The third-order valence-electron chi connectivity index (χ3n) is 4.28. The molecule has 0 aromatic carbocycles. The van der Waals surface area contributed by atoms with Crippen LogP contribution in [-0.2, 0) is 16.3 Å².